The maximum Gasteiger partial charge on any atom is 0.228 e. The van der Waals surface area contributed by atoms with Crippen LogP contribution in [0, 0.1) is 11.3 Å². The molecule has 1 saturated heterocycles. The van der Waals surface area contributed by atoms with E-state index in [1.54, 1.807) is 0 Å². The smallest absolute Gasteiger partial charge is 0.228 e. The van der Waals surface area contributed by atoms with E-state index in [1.165, 1.54) is 12.8 Å². The van der Waals surface area contributed by atoms with Gasteiger partial charge in [-0.2, -0.15) is 0 Å². The van der Waals surface area contributed by atoms with E-state index in [1.807, 2.05) is 0 Å². The molecule has 1 spiro atoms. The van der Waals surface area contributed by atoms with E-state index in [4.69, 9.17) is 0 Å². The van der Waals surface area contributed by atoms with Gasteiger partial charge in [0.15, 0.2) is 0 Å². The van der Waals surface area contributed by atoms with E-state index in [2.05, 4.69) is 5.32 Å². The topological polar surface area (TPSA) is 49.3 Å². The first-order valence-corrected chi connectivity index (χ1v) is 5.70. The van der Waals surface area contributed by atoms with E-state index in [0.29, 0.717) is 12.3 Å². The number of carbonyl (C=O) groups excluding carboxylic acids is 1. The fourth-order valence-electron chi connectivity index (χ4n) is 3.81. The SMILES string of the molecule is O=C1N[C@@]2(O)CC[C@H]3CCCC[C@@]13C2. The number of nitrogens with one attached hydrogen (secondary N) is 1. The molecule has 0 unspecified atom stereocenters. The van der Waals surface area contributed by atoms with Crippen LogP contribution in [0.15, 0.2) is 0 Å². The summed E-state index contributed by atoms with van der Waals surface area (Å²) in [6.07, 6.45) is 7.04. The van der Waals surface area contributed by atoms with E-state index < -0.39 is 5.72 Å². The van der Waals surface area contributed by atoms with Gasteiger partial charge < -0.3 is 10.4 Å². The number of hydrogen-bond donors (Lipinski definition) is 2. The summed E-state index contributed by atoms with van der Waals surface area (Å²) >= 11 is 0. The van der Waals surface area contributed by atoms with Crippen molar-refractivity contribution in [2.24, 2.45) is 11.3 Å². The molecule has 0 aromatic carbocycles. The van der Waals surface area contributed by atoms with Gasteiger partial charge in [-0.3, -0.25) is 4.79 Å². The number of aliphatic hydroxyl groups is 1. The number of hydrogen-bond acceptors (Lipinski definition) is 2. The number of rotatable bonds is 0. The minimum absolute atomic E-state index is 0.127. The molecule has 3 aliphatic rings. The quantitative estimate of drug-likeness (QED) is 0.609. The molecule has 14 heavy (non-hydrogen) atoms. The Labute approximate surface area is 83.9 Å². The van der Waals surface area contributed by atoms with Gasteiger partial charge >= 0.3 is 0 Å². The highest BCUT2D eigenvalue weighted by Gasteiger charge is 2.60. The summed E-state index contributed by atoms with van der Waals surface area (Å²) in [4.78, 5) is 11.9. The van der Waals surface area contributed by atoms with Crippen molar-refractivity contribution in [3.05, 3.63) is 0 Å². The first-order valence-electron chi connectivity index (χ1n) is 5.70. The maximum absolute atomic E-state index is 11.9. The Bertz CT molecular complexity index is 291. The van der Waals surface area contributed by atoms with Crippen LogP contribution < -0.4 is 5.32 Å². The summed E-state index contributed by atoms with van der Waals surface area (Å²) in [5.41, 5.74) is -1.05. The molecule has 2 bridgehead atoms. The van der Waals surface area contributed by atoms with Gasteiger partial charge in [-0.25, -0.2) is 0 Å². The molecule has 3 heteroatoms. The number of carbonyl (C=O) groups is 1. The molecule has 2 saturated carbocycles. The predicted octanol–water partition coefficient (Wildman–Crippen LogP) is 1.17. The fourth-order valence-corrected chi connectivity index (χ4v) is 3.81. The zero-order chi connectivity index (χ0) is 9.81. The van der Waals surface area contributed by atoms with Crippen LogP contribution in [0.4, 0.5) is 0 Å². The lowest BCUT2D eigenvalue weighted by atomic mass is 9.59. The second-order valence-corrected chi connectivity index (χ2v) is 5.30. The summed E-state index contributed by atoms with van der Waals surface area (Å²) in [6, 6.07) is 0. The van der Waals surface area contributed by atoms with E-state index in [0.717, 1.165) is 25.7 Å². The lowest BCUT2D eigenvalue weighted by molar-refractivity contribution is -0.132. The molecule has 2 aliphatic carbocycles. The first kappa shape index (κ1) is 8.72. The van der Waals surface area contributed by atoms with Crippen LogP contribution in [-0.2, 0) is 4.79 Å². The third-order valence-corrected chi connectivity index (χ3v) is 4.52. The van der Waals surface area contributed by atoms with Crippen LogP contribution in [-0.4, -0.2) is 16.7 Å². The normalized spacial score (nSPS) is 51.2. The van der Waals surface area contributed by atoms with Crippen LogP contribution in [0.3, 0.4) is 0 Å². The van der Waals surface area contributed by atoms with Gasteiger partial charge in [-0.1, -0.05) is 12.8 Å². The van der Waals surface area contributed by atoms with Crippen molar-refractivity contribution in [3.8, 4) is 0 Å². The summed E-state index contributed by atoms with van der Waals surface area (Å²) in [7, 11) is 0. The average molecular weight is 195 g/mol. The molecular formula is C11H17NO2. The number of fused-ring (bicyclic) bond motifs is 1. The Hall–Kier alpha value is -0.570. The Kier molecular flexibility index (Phi) is 1.56. The summed E-state index contributed by atoms with van der Waals surface area (Å²) in [6.45, 7) is 0. The Balaban J connectivity index is 2.00. The third kappa shape index (κ3) is 0.937. The fraction of sp³-hybridized carbons (Fsp3) is 0.909. The average Bonchev–Trinajstić information content (AvgIpc) is 2.34. The van der Waals surface area contributed by atoms with Crippen molar-refractivity contribution < 1.29 is 9.90 Å². The van der Waals surface area contributed by atoms with E-state index in [-0.39, 0.29) is 11.3 Å². The second-order valence-electron chi connectivity index (χ2n) is 5.30. The molecule has 78 valence electrons. The monoisotopic (exact) mass is 195 g/mol. The molecule has 2 N–H and O–H groups in total. The van der Waals surface area contributed by atoms with Gasteiger partial charge in [0.1, 0.15) is 5.72 Å². The maximum atomic E-state index is 11.9. The van der Waals surface area contributed by atoms with Gasteiger partial charge in [0.2, 0.25) is 5.91 Å². The van der Waals surface area contributed by atoms with E-state index in [9.17, 15) is 9.90 Å². The van der Waals surface area contributed by atoms with Gasteiger partial charge in [-0.15, -0.1) is 0 Å². The van der Waals surface area contributed by atoms with Crippen LogP contribution in [0.1, 0.15) is 44.9 Å². The lowest BCUT2D eigenvalue weighted by Gasteiger charge is -2.43. The minimum atomic E-state index is -0.856. The standard InChI is InChI=1S/C11H17NO2/c13-9-10-5-2-1-3-8(10)4-6-11(14,7-10)12-9/h8,14H,1-7H2,(H,12,13)/t8-,10+,11-/m1/s1. The van der Waals surface area contributed by atoms with Crippen molar-refractivity contribution in [3.63, 3.8) is 0 Å². The molecule has 3 fully saturated rings. The number of amides is 1. The lowest BCUT2D eigenvalue weighted by Crippen LogP contribution is -2.43. The second kappa shape index (κ2) is 2.51. The highest BCUT2D eigenvalue weighted by molar-refractivity contribution is 5.86. The van der Waals surface area contributed by atoms with Gasteiger partial charge in [0.25, 0.3) is 0 Å². The van der Waals surface area contributed by atoms with E-state index >= 15 is 0 Å². The summed E-state index contributed by atoms with van der Waals surface area (Å²) < 4.78 is 0. The molecule has 0 aromatic rings. The Morgan fingerprint density at radius 1 is 1.29 bits per heavy atom. The van der Waals surface area contributed by atoms with Crippen LogP contribution >= 0.6 is 0 Å². The van der Waals surface area contributed by atoms with Gasteiger partial charge in [0, 0.05) is 6.42 Å². The summed E-state index contributed by atoms with van der Waals surface area (Å²) in [5.74, 6) is 0.668. The highest BCUT2D eigenvalue weighted by atomic mass is 16.3. The molecule has 0 radical (unpaired) electrons. The van der Waals surface area contributed by atoms with Gasteiger partial charge in [-0.05, 0) is 31.6 Å². The molecular weight excluding hydrogens is 178 g/mol. The molecule has 0 aromatic heterocycles. The van der Waals surface area contributed by atoms with Crippen LogP contribution in [0.5, 0.6) is 0 Å². The first-order chi connectivity index (χ1) is 6.65. The molecule has 3 nitrogen and oxygen atoms in total. The van der Waals surface area contributed by atoms with Crippen molar-refractivity contribution in [2.45, 2.75) is 50.7 Å². The molecule has 1 amide bonds. The van der Waals surface area contributed by atoms with Crippen LogP contribution in [0.25, 0.3) is 0 Å². The zero-order valence-corrected chi connectivity index (χ0v) is 8.38. The van der Waals surface area contributed by atoms with Crippen molar-refractivity contribution in [2.75, 3.05) is 0 Å². The molecule has 3 rings (SSSR count). The van der Waals surface area contributed by atoms with Gasteiger partial charge in [0.05, 0.1) is 5.41 Å². The highest BCUT2D eigenvalue weighted by Crippen LogP contribution is 2.56. The molecule has 1 aliphatic heterocycles. The predicted molar refractivity (Wildman–Crippen MR) is 51.3 cm³/mol. The zero-order valence-electron chi connectivity index (χ0n) is 8.38. The molecule has 1 heterocycles. The van der Waals surface area contributed by atoms with Crippen molar-refractivity contribution >= 4 is 5.91 Å². The Morgan fingerprint density at radius 2 is 2.14 bits per heavy atom. The van der Waals surface area contributed by atoms with Crippen molar-refractivity contribution in [1.82, 2.24) is 5.32 Å². The van der Waals surface area contributed by atoms with Crippen molar-refractivity contribution in [1.29, 1.82) is 0 Å². The Morgan fingerprint density at radius 3 is 3.00 bits per heavy atom. The third-order valence-electron chi connectivity index (χ3n) is 4.52. The largest absolute Gasteiger partial charge is 0.371 e. The summed E-state index contributed by atoms with van der Waals surface area (Å²) in [5, 5.41) is 12.9. The van der Waals surface area contributed by atoms with Crippen LogP contribution in [0.2, 0.25) is 0 Å². The molecule has 3 atom stereocenters. The minimum Gasteiger partial charge on any atom is -0.371 e.